The molecule has 3 aromatic rings. The summed E-state index contributed by atoms with van der Waals surface area (Å²) in [5.41, 5.74) is 0.746. The van der Waals surface area contributed by atoms with Gasteiger partial charge >= 0.3 is 5.97 Å². The number of carboxylic acid groups (broad SMARTS) is 1. The monoisotopic (exact) mass is 368 g/mol. The van der Waals surface area contributed by atoms with E-state index < -0.39 is 22.8 Å². The number of benzene rings is 2. The van der Waals surface area contributed by atoms with Crippen molar-refractivity contribution in [3.63, 3.8) is 0 Å². The highest BCUT2D eigenvalue weighted by Crippen LogP contribution is 2.27. The highest BCUT2D eigenvalue weighted by Gasteiger charge is 2.17. The van der Waals surface area contributed by atoms with Crippen LogP contribution in [0.5, 0.6) is 5.75 Å². The predicted molar refractivity (Wildman–Crippen MR) is 100 cm³/mol. The van der Waals surface area contributed by atoms with E-state index in [9.17, 15) is 24.2 Å². The van der Waals surface area contributed by atoms with Gasteiger partial charge in [0.15, 0.2) is 11.2 Å². The van der Waals surface area contributed by atoms with Gasteiger partial charge in [0.05, 0.1) is 11.4 Å². The fourth-order valence-corrected chi connectivity index (χ4v) is 2.74. The molecule has 1 aromatic heterocycles. The largest absolute Gasteiger partial charge is 0.508 e. The van der Waals surface area contributed by atoms with Crippen LogP contribution in [0.15, 0.2) is 59.5 Å². The van der Waals surface area contributed by atoms with Gasteiger partial charge in [-0.25, -0.2) is 9.18 Å². The van der Waals surface area contributed by atoms with Crippen LogP contribution in [0.3, 0.4) is 0 Å². The number of rotatable bonds is 4. The average molecular weight is 368 g/mol. The normalized spacial score (nSPS) is 10.6. The van der Waals surface area contributed by atoms with Crippen LogP contribution in [0.4, 0.5) is 10.1 Å². The second kappa shape index (κ2) is 6.95. The Morgan fingerprint density at radius 2 is 1.74 bits per heavy atom. The maximum atomic E-state index is 14.4. The standard InChI is InChI=1S/C20H17FN2O4/c1-22(2)13-5-3-12(4-6-13)18-10-19(25)15(20(26)27)11-23(18)17-8-7-14(24)9-16(17)21/h3-11,24H,1-2H3,(H,26,27). The number of pyridine rings is 1. The molecule has 0 aliphatic heterocycles. The van der Waals surface area contributed by atoms with Gasteiger partial charge < -0.3 is 19.7 Å². The van der Waals surface area contributed by atoms with Crippen LogP contribution in [0.25, 0.3) is 16.9 Å². The minimum absolute atomic E-state index is 0.0157. The van der Waals surface area contributed by atoms with E-state index in [0.717, 1.165) is 18.0 Å². The molecule has 0 aliphatic carbocycles. The van der Waals surface area contributed by atoms with E-state index >= 15 is 0 Å². The number of phenols is 1. The van der Waals surface area contributed by atoms with Gasteiger partial charge in [-0.3, -0.25) is 4.79 Å². The third-order valence-electron chi connectivity index (χ3n) is 4.15. The molecule has 1 heterocycles. The molecule has 0 spiro atoms. The summed E-state index contributed by atoms with van der Waals surface area (Å²) in [7, 11) is 3.77. The number of carbonyl (C=O) groups is 1. The molecule has 0 radical (unpaired) electrons. The lowest BCUT2D eigenvalue weighted by molar-refractivity contribution is 0.0695. The second-order valence-electron chi connectivity index (χ2n) is 6.19. The lowest BCUT2D eigenvalue weighted by atomic mass is 10.1. The number of anilines is 1. The van der Waals surface area contributed by atoms with E-state index in [4.69, 9.17) is 0 Å². The smallest absolute Gasteiger partial charge is 0.341 e. The first-order valence-corrected chi connectivity index (χ1v) is 8.04. The van der Waals surface area contributed by atoms with E-state index in [1.165, 1.54) is 22.8 Å². The summed E-state index contributed by atoms with van der Waals surface area (Å²) in [4.78, 5) is 25.5. The van der Waals surface area contributed by atoms with E-state index in [1.54, 1.807) is 12.1 Å². The van der Waals surface area contributed by atoms with Gasteiger partial charge in [0.2, 0.25) is 0 Å². The summed E-state index contributed by atoms with van der Waals surface area (Å²) >= 11 is 0. The number of phenolic OH excluding ortho intramolecular Hbond substituents is 1. The van der Waals surface area contributed by atoms with Gasteiger partial charge in [-0.15, -0.1) is 0 Å². The van der Waals surface area contributed by atoms with Crippen LogP contribution in [-0.2, 0) is 0 Å². The van der Waals surface area contributed by atoms with Crippen molar-refractivity contribution in [3.8, 4) is 22.7 Å². The maximum Gasteiger partial charge on any atom is 0.341 e. The van der Waals surface area contributed by atoms with E-state index in [1.807, 2.05) is 31.1 Å². The summed E-state index contributed by atoms with van der Waals surface area (Å²) in [5.74, 6) is -2.41. The molecule has 0 saturated carbocycles. The lowest BCUT2D eigenvalue weighted by Gasteiger charge is -2.17. The molecule has 27 heavy (non-hydrogen) atoms. The Balaban J connectivity index is 2.28. The zero-order valence-electron chi connectivity index (χ0n) is 14.7. The van der Waals surface area contributed by atoms with Gasteiger partial charge in [-0.2, -0.15) is 0 Å². The van der Waals surface area contributed by atoms with Crippen molar-refractivity contribution >= 4 is 11.7 Å². The molecule has 6 nitrogen and oxygen atoms in total. The Hall–Kier alpha value is -3.61. The van der Waals surface area contributed by atoms with Crippen LogP contribution in [0, 0.1) is 5.82 Å². The highest BCUT2D eigenvalue weighted by atomic mass is 19.1. The lowest BCUT2D eigenvalue weighted by Crippen LogP contribution is -2.18. The van der Waals surface area contributed by atoms with Crippen LogP contribution < -0.4 is 10.3 Å². The van der Waals surface area contributed by atoms with Crippen LogP contribution >= 0.6 is 0 Å². The van der Waals surface area contributed by atoms with Gasteiger partial charge in [0.25, 0.3) is 0 Å². The zero-order chi connectivity index (χ0) is 19.7. The first-order chi connectivity index (χ1) is 12.8. The van der Waals surface area contributed by atoms with E-state index in [0.29, 0.717) is 11.3 Å². The van der Waals surface area contributed by atoms with Crippen molar-refractivity contribution in [2.75, 3.05) is 19.0 Å². The van der Waals surface area contributed by atoms with Crippen LogP contribution in [0.1, 0.15) is 10.4 Å². The molecule has 0 bridgehead atoms. The summed E-state index contributed by atoms with van der Waals surface area (Å²) in [6, 6.07) is 11.9. The molecule has 0 unspecified atom stereocenters. The Labute approximate surface area is 154 Å². The molecule has 0 saturated heterocycles. The van der Waals surface area contributed by atoms with E-state index in [2.05, 4.69) is 0 Å². The number of nitrogens with zero attached hydrogens (tertiary/aromatic N) is 2. The molecular formula is C20H17FN2O4. The Bertz CT molecular complexity index is 1070. The maximum absolute atomic E-state index is 14.4. The molecule has 7 heteroatoms. The molecule has 0 atom stereocenters. The van der Waals surface area contributed by atoms with Crippen molar-refractivity contribution in [2.24, 2.45) is 0 Å². The minimum atomic E-state index is -1.40. The number of aromatic carboxylic acids is 1. The first-order valence-electron chi connectivity index (χ1n) is 8.04. The molecule has 2 aromatic carbocycles. The van der Waals surface area contributed by atoms with Crippen molar-refractivity contribution in [2.45, 2.75) is 0 Å². The van der Waals surface area contributed by atoms with Gasteiger partial charge in [-0.05, 0) is 29.8 Å². The number of hydrogen-bond acceptors (Lipinski definition) is 4. The second-order valence-corrected chi connectivity index (χ2v) is 6.19. The predicted octanol–water partition coefficient (Wildman–Crippen LogP) is 3.11. The summed E-state index contributed by atoms with van der Waals surface area (Å²) in [6.07, 6.45) is 1.09. The number of aromatic nitrogens is 1. The van der Waals surface area contributed by atoms with Crippen molar-refractivity contribution in [1.82, 2.24) is 4.57 Å². The van der Waals surface area contributed by atoms with Crippen LogP contribution in [-0.4, -0.2) is 34.8 Å². The fraction of sp³-hybridized carbons (Fsp3) is 0.100. The van der Waals surface area contributed by atoms with E-state index in [-0.39, 0.29) is 11.4 Å². The topological polar surface area (TPSA) is 82.8 Å². The minimum Gasteiger partial charge on any atom is -0.508 e. The first kappa shape index (κ1) is 18.2. The Morgan fingerprint density at radius 1 is 1.07 bits per heavy atom. The quantitative estimate of drug-likeness (QED) is 0.739. The SMILES string of the molecule is CN(C)c1ccc(-c2cc(=O)c(C(=O)O)cn2-c2ccc(O)cc2F)cc1. The Morgan fingerprint density at radius 3 is 2.30 bits per heavy atom. The number of halogens is 1. The van der Waals surface area contributed by atoms with Crippen molar-refractivity contribution in [1.29, 1.82) is 0 Å². The van der Waals surface area contributed by atoms with Gasteiger partial charge in [0, 0.05) is 38.1 Å². The molecule has 2 N–H and O–H groups in total. The zero-order valence-corrected chi connectivity index (χ0v) is 14.7. The third-order valence-corrected chi connectivity index (χ3v) is 4.15. The number of hydrogen-bond donors (Lipinski definition) is 2. The number of carboxylic acids is 1. The fourth-order valence-electron chi connectivity index (χ4n) is 2.74. The van der Waals surface area contributed by atoms with Crippen molar-refractivity contribution < 1.29 is 19.4 Å². The van der Waals surface area contributed by atoms with Crippen molar-refractivity contribution in [3.05, 3.63) is 76.3 Å². The molecule has 0 aliphatic rings. The highest BCUT2D eigenvalue weighted by molar-refractivity contribution is 5.88. The molecule has 0 fully saturated rings. The summed E-state index contributed by atoms with van der Waals surface area (Å²) in [5, 5.41) is 18.7. The molecule has 0 amide bonds. The summed E-state index contributed by atoms with van der Waals surface area (Å²) in [6.45, 7) is 0. The average Bonchev–Trinajstić information content (AvgIpc) is 2.61. The van der Waals surface area contributed by atoms with Gasteiger partial charge in [-0.1, -0.05) is 12.1 Å². The molecule has 138 valence electrons. The molecule has 3 rings (SSSR count). The van der Waals surface area contributed by atoms with Crippen LogP contribution in [0.2, 0.25) is 0 Å². The number of aromatic hydroxyl groups is 1. The molecular weight excluding hydrogens is 351 g/mol. The third kappa shape index (κ3) is 3.52. The summed E-state index contributed by atoms with van der Waals surface area (Å²) < 4.78 is 15.7. The Kier molecular flexibility index (Phi) is 4.68. The van der Waals surface area contributed by atoms with Gasteiger partial charge in [0.1, 0.15) is 11.3 Å².